The third-order valence-corrected chi connectivity index (χ3v) is 5.28. The SMILES string of the molecule is O=C(O)[C@@H]1CN(C(=O)c2cn3ccsc3n2)C[C@H]1c1cccc(F)c1. The minimum atomic E-state index is -0.990. The van der Waals surface area contributed by atoms with Crippen LogP contribution in [0.15, 0.2) is 42.0 Å². The Kier molecular flexibility index (Phi) is 3.76. The van der Waals surface area contributed by atoms with Gasteiger partial charge in [-0.15, -0.1) is 11.3 Å². The highest BCUT2D eigenvalue weighted by Gasteiger charge is 2.41. The fourth-order valence-corrected chi connectivity index (χ4v) is 3.99. The molecule has 1 N–H and O–H groups in total. The minimum absolute atomic E-state index is 0.0839. The molecule has 0 saturated carbocycles. The van der Waals surface area contributed by atoms with Gasteiger partial charge in [0.25, 0.3) is 5.91 Å². The molecule has 1 aromatic carbocycles. The van der Waals surface area contributed by atoms with Crippen LogP contribution in [-0.4, -0.2) is 44.4 Å². The molecule has 25 heavy (non-hydrogen) atoms. The fraction of sp³-hybridized carbons (Fsp3) is 0.235. The largest absolute Gasteiger partial charge is 0.481 e. The highest BCUT2D eigenvalue weighted by molar-refractivity contribution is 7.15. The van der Waals surface area contributed by atoms with E-state index in [4.69, 9.17) is 0 Å². The van der Waals surface area contributed by atoms with Crippen LogP contribution in [0.25, 0.3) is 4.96 Å². The summed E-state index contributed by atoms with van der Waals surface area (Å²) in [7, 11) is 0. The molecule has 128 valence electrons. The van der Waals surface area contributed by atoms with Crippen molar-refractivity contribution in [3.05, 3.63) is 59.1 Å². The van der Waals surface area contributed by atoms with Crippen LogP contribution in [0.3, 0.4) is 0 Å². The van der Waals surface area contributed by atoms with Crippen LogP contribution >= 0.6 is 11.3 Å². The summed E-state index contributed by atoms with van der Waals surface area (Å²) in [5, 5.41) is 11.4. The third kappa shape index (κ3) is 2.78. The van der Waals surface area contributed by atoms with Crippen molar-refractivity contribution in [2.45, 2.75) is 5.92 Å². The molecule has 2 atom stereocenters. The molecular weight excluding hydrogens is 345 g/mol. The summed E-state index contributed by atoms with van der Waals surface area (Å²) in [6.07, 6.45) is 3.45. The van der Waals surface area contributed by atoms with Crippen molar-refractivity contribution in [1.29, 1.82) is 0 Å². The van der Waals surface area contributed by atoms with E-state index in [2.05, 4.69) is 4.98 Å². The van der Waals surface area contributed by atoms with E-state index in [0.29, 0.717) is 10.5 Å². The average molecular weight is 359 g/mol. The number of carbonyl (C=O) groups excluding carboxylic acids is 1. The van der Waals surface area contributed by atoms with Crippen LogP contribution in [-0.2, 0) is 4.79 Å². The van der Waals surface area contributed by atoms with Gasteiger partial charge >= 0.3 is 5.97 Å². The first-order valence-corrected chi connectivity index (χ1v) is 8.60. The average Bonchev–Trinajstić information content (AvgIpc) is 3.28. The zero-order chi connectivity index (χ0) is 17.6. The van der Waals surface area contributed by atoms with Gasteiger partial charge in [0.15, 0.2) is 4.96 Å². The van der Waals surface area contributed by atoms with Crippen molar-refractivity contribution in [2.24, 2.45) is 5.92 Å². The van der Waals surface area contributed by atoms with Gasteiger partial charge in [0, 0.05) is 36.8 Å². The smallest absolute Gasteiger partial charge is 0.308 e. The molecule has 2 aromatic heterocycles. The van der Waals surface area contributed by atoms with Crippen molar-refractivity contribution >= 4 is 28.2 Å². The Bertz CT molecular complexity index is 938. The van der Waals surface area contributed by atoms with Crippen LogP contribution < -0.4 is 0 Å². The van der Waals surface area contributed by atoms with Gasteiger partial charge in [-0.1, -0.05) is 12.1 Å². The molecule has 8 heteroatoms. The third-order valence-electron chi connectivity index (χ3n) is 4.51. The molecule has 0 spiro atoms. The van der Waals surface area contributed by atoms with Crippen molar-refractivity contribution in [2.75, 3.05) is 13.1 Å². The summed E-state index contributed by atoms with van der Waals surface area (Å²) < 4.78 is 15.3. The molecule has 0 radical (unpaired) electrons. The molecule has 1 saturated heterocycles. The van der Waals surface area contributed by atoms with Crippen molar-refractivity contribution in [1.82, 2.24) is 14.3 Å². The van der Waals surface area contributed by atoms with Gasteiger partial charge in [-0.05, 0) is 17.7 Å². The number of carbonyl (C=O) groups is 2. The summed E-state index contributed by atoms with van der Waals surface area (Å²) in [6.45, 7) is 0.310. The Morgan fingerprint density at radius 1 is 1.32 bits per heavy atom. The number of hydrogen-bond acceptors (Lipinski definition) is 4. The number of fused-ring (bicyclic) bond motifs is 1. The zero-order valence-corrected chi connectivity index (χ0v) is 13.8. The van der Waals surface area contributed by atoms with E-state index in [-0.39, 0.29) is 24.7 Å². The maximum atomic E-state index is 13.5. The van der Waals surface area contributed by atoms with Gasteiger partial charge in [-0.2, -0.15) is 0 Å². The van der Waals surface area contributed by atoms with E-state index in [1.165, 1.54) is 28.4 Å². The molecule has 0 bridgehead atoms. The van der Waals surface area contributed by atoms with Crippen molar-refractivity contribution in [3.63, 3.8) is 0 Å². The second-order valence-corrected chi connectivity index (χ2v) is 6.91. The number of benzene rings is 1. The first kappa shape index (κ1) is 15.8. The lowest BCUT2D eigenvalue weighted by Gasteiger charge is -2.15. The van der Waals surface area contributed by atoms with E-state index in [0.717, 1.165) is 0 Å². The van der Waals surface area contributed by atoms with E-state index < -0.39 is 23.6 Å². The van der Waals surface area contributed by atoms with Crippen molar-refractivity contribution < 1.29 is 19.1 Å². The number of thiazole rings is 1. The highest BCUT2D eigenvalue weighted by Crippen LogP contribution is 2.34. The lowest BCUT2D eigenvalue weighted by Crippen LogP contribution is -2.30. The van der Waals surface area contributed by atoms with E-state index in [1.54, 1.807) is 22.7 Å². The lowest BCUT2D eigenvalue weighted by atomic mass is 9.89. The lowest BCUT2D eigenvalue weighted by molar-refractivity contribution is -0.141. The maximum Gasteiger partial charge on any atom is 0.308 e. The molecule has 3 heterocycles. The predicted octanol–water partition coefficient (Wildman–Crippen LogP) is 2.48. The molecule has 3 aromatic rings. The fourth-order valence-electron chi connectivity index (χ4n) is 3.29. The number of aromatic nitrogens is 2. The van der Waals surface area contributed by atoms with Crippen molar-refractivity contribution in [3.8, 4) is 0 Å². The van der Waals surface area contributed by atoms with Gasteiger partial charge in [0.05, 0.1) is 5.92 Å². The predicted molar refractivity (Wildman–Crippen MR) is 89.2 cm³/mol. The summed E-state index contributed by atoms with van der Waals surface area (Å²) in [6, 6.07) is 5.90. The molecule has 1 aliphatic heterocycles. The number of hydrogen-bond donors (Lipinski definition) is 1. The summed E-state index contributed by atoms with van der Waals surface area (Å²) in [5.74, 6) is -2.92. The first-order chi connectivity index (χ1) is 12.0. The molecule has 0 unspecified atom stereocenters. The van der Waals surface area contributed by atoms with E-state index >= 15 is 0 Å². The summed E-state index contributed by atoms with van der Waals surface area (Å²) in [4.78, 5) is 30.8. The topological polar surface area (TPSA) is 74.9 Å². The molecule has 1 aliphatic rings. The van der Waals surface area contributed by atoms with Gasteiger partial charge in [0.2, 0.25) is 0 Å². The molecule has 1 amide bonds. The quantitative estimate of drug-likeness (QED) is 0.780. The number of imidazole rings is 1. The number of carboxylic acid groups (broad SMARTS) is 1. The monoisotopic (exact) mass is 359 g/mol. The Balaban J connectivity index is 1.62. The number of rotatable bonds is 3. The zero-order valence-electron chi connectivity index (χ0n) is 13.0. The molecule has 1 fully saturated rings. The Labute approximate surface area is 146 Å². The Morgan fingerprint density at radius 3 is 2.88 bits per heavy atom. The van der Waals surface area contributed by atoms with E-state index in [9.17, 15) is 19.1 Å². The summed E-state index contributed by atoms with van der Waals surface area (Å²) in [5.41, 5.74) is 0.879. The first-order valence-electron chi connectivity index (χ1n) is 7.72. The van der Waals surface area contributed by atoms with Gasteiger partial charge in [-0.3, -0.25) is 14.0 Å². The van der Waals surface area contributed by atoms with Crippen LogP contribution in [0, 0.1) is 11.7 Å². The second-order valence-electron chi connectivity index (χ2n) is 6.04. The number of nitrogens with zero attached hydrogens (tertiary/aromatic N) is 3. The number of amides is 1. The van der Waals surface area contributed by atoms with Gasteiger partial charge < -0.3 is 10.0 Å². The highest BCUT2D eigenvalue weighted by atomic mass is 32.1. The van der Waals surface area contributed by atoms with Crippen LogP contribution in [0.2, 0.25) is 0 Å². The van der Waals surface area contributed by atoms with Crippen LogP contribution in [0.1, 0.15) is 22.0 Å². The van der Waals surface area contributed by atoms with Crippen LogP contribution in [0.4, 0.5) is 4.39 Å². The Morgan fingerprint density at radius 2 is 2.16 bits per heavy atom. The normalized spacial score (nSPS) is 20.3. The number of carboxylic acids is 1. The minimum Gasteiger partial charge on any atom is -0.481 e. The second kappa shape index (κ2) is 5.96. The molecule has 0 aliphatic carbocycles. The molecule has 6 nitrogen and oxygen atoms in total. The van der Waals surface area contributed by atoms with Gasteiger partial charge in [-0.25, -0.2) is 9.37 Å². The summed E-state index contributed by atoms with van der Waals surface area (Å²) >= 11 is 1.42. The maximum absolute atomic E-state index is 13.5. The van der Waals surface area contributed by atoms with Crippen LogP contribution in [0.5, 0.6) is 0 Å². The number of halogens is 1. The molecular formula is C17H14FN3O3S. The van der Waals surface area contributed by atoms with E-state index in [1.807, 2.05) is 11.6 Å². The standard InChI is InChI=1S/C17H14FN3O3S/c18-11-3-1-2-10(6-11)12-7-21(8-13(12)16(23)24)15(22)14-9-20-4-5-25-17(20)19-14/h1-6,9,12-13H,7-8H2,(H,23,24)/t12-,13+/m0/s1. The molecule has 4 rings (SSSR count). The van der Waals surface area contributed by atoms with Gasteiger partial charge in [0.1, 0.15) is 11.5 Å². The Hall–Kier alpha value is -2.74. The number of aliphatic carboxylic acids is 1. The number of likely N-dealkylation sites (tertiary alicyclic amines) is 1.